The summed E-state index contributed by atoms with van der Waals surface area (Å²) < 4.78 is 6.22. The fourth-order valence-electron chi connectivity index (χ4n) is 4.51. The van der Waals surface area contributed by atoms with Crippen molar-refractivity contribution in [1.29, 1.82) is 0 Å². The van der Waals surface area contributed by atoms with Crippen LogP contribution in [0.25, 0.3) is 0 Å². The molecule has 0 amide bonds. The van der Waals surface area contributed by atoms with Crippen molar-refractivity contribution in [3.8, 4) is 0 Å². The smallest absolute Gasteiger partial charge is 0.0681 e. The first kappa shape index (κ1) is 22.7. The lowest BCUT2D eigenvalue weighted by atomic mass is 10.0. The molecule has 0 aromatic rings. The van der Waals surface area contributed by atoms with E-state index in [-0.39, 0.29) is 0 Å². The first-order valence-electron chi connectivity index (χ1n) is 12.4. The average Bonchev–Trinajstić information content (AvgIpc) is 2.65. The summed E-state index contributed by atoms with van der Waals surface area (Å²) >= 11 is 0. The Hall–Kier alpha value is -0.560. The Morgan fingerprint density at radius 2 is 0.778 bits per heavy atom. The minimum absolute atomic E-state index is 0.872. The topological polar surface area (TPSA) is 9.23 Å². The average molecular weight is 375 g/mol. The Kier molecular flexibility index (Phi) is 13.8. The molecule has 0 atom stereocenters. The van der Waals surface area contributed by atoms with Gasteiger partial charge in [-0.05, 0) is 62.5 Å². The van der Waals surface area contributed by atoms with Crippen LogP contribution >= 0.6 is 0 Å². The Bertz CT molecular complexity index is 368. The molecule has 0 aromatic carbocycles. The molecule has 0 saturated heterocycles. The van der Waals surface area contributed by atoms with Crippen molar-refractivity contribution in [2.24, 2.45) is 0 Å². The molecule has 0 spiro atoms. The summed E-state index contributed by atoms with van der Waals surface area (Å²) in [6.07, 6.45) is 32.7. The van der Waals surface area contributed by atoms with E-state index in [9.17, 15) is 0 Å². The van der Waals surface area contributed by atoms with Crippen LogP contribution in [-0.2, 0) is 4.74 Å². The van der Waals surface area contributed by atoms with Crippen LogP contribution < -0.4 is 0 Å². The van der Waals surface area contributed by atoms with Crippen LogP contribution in [0.15, 0.2) is 23.3 Å². The molecule has 0 fully saturated rings. The minimum Gasteiger partial charge on any atom is -0.373 e. The van der Waals surface area contributed by atoms with Gasteiger partial charge in [-0.3, -0.25) is 0 Å². The maximum Gasteiger partial charge on any atom is 0.0681 e. The van der Waals surface area contributed by atoms with Gasteiger partial charge in [0.1, 0.15) is 0 Å². The van der Waals surface area contributed by atoms with Crippen LogP contribution in [0, 0.1) is 0 Å². The maximum atomic E-state index is 6.22. The predicted octanol–water partition coefficient (Wildman–Crippen LogP) is 8.69. The van der Waals surface area contributed by atoms with Crippen molar-refractivity contribution in [3.05, 3.63) is 23.3 Å². The zero-order chi connectivity index (χ0) is 18.8. The van der Waals surface area contributed by atoms with E-state index in [1.807, 2.05) is 0 Å². The normalized spacial score (nSPS) is 26.8. The standard InChI is InChI=1S/C26H46O/c1-3-7-11-15-19-25(20-16-12-8-4-1)23-27-24-26-21-17-13-9-5-2-6-10-14-18-22-26/h19,21H,1-18,20,22-24H2/b25-19+,26-21+. The van der Waals surface area contributed by atoms with Crippen molar-refractivity contribution in [2.75, 3.05) is 13.2 Å². The van der Waals surface area contributed by atoms with Crippen molar-refractivity contribution in [3.63, 3.8) is 0 Å². The second-order valence-corrected chi connectivity index (χ2v) is 8.95. The summed E-state index contributed by atoms with van der Waals surface area (Å²) in [4.78, 5) is 0. The Labute approximate surface area is 170 Å². The van der Waals surface area contributed by atoms with Gasteiger partial charge in [0.25, 0.3) is 0 Å². The number of ether oxygens (including phenoxy) is 1. The van der Waals surface area contributed by atoms with Crippen molar-refractivity contribution < 1.29 is 4.74 Å². The van der Waals surface area contributed by atoms with Crippen LogP contribution in [-0.4, -0.2) is 13.2 Å². The Balaban J connectivity index is 1.73. The number of hydrogen-bond donors (Lipinski definition) is 0. The van der Waals surface area contributed by atoms with Gasteiger partial charge in [0.2, 0.25) is 0 Å². The zero-order valence-electron chi connectivity index (χ0n) is 18.1. The quantitative estimate of drug-likeness (QED) is 0.447. The van der Waals surface area contributed by atoms with Crippen LogP contribution in [0.1, 0.15) is 128 Å². The fraction of sp³-hybridized carbons (Fsp3) is 0.846. The molecule has 2 aliphatic carbocycles. The predicted molar refractivity (Wildman–Crippen MR) is 119 cm³/mol. The van der Waals surface area contributed by atoms with Crippen molar-refractivity contribution in [2.45, 2.75) is 128 Å². The summed E-state index contributed by atoms with van der Waals surface area (Å²) in [5.41, 5.74) is 3.15. The van der Waals surface area contributed by atoms with Gasteiger partial charge in [-0.15, -0.1) is 0 Å². The number of rotatable bonds is 4. The highest BCUT2D eigenvalue weighted by atomic mass is 16.5. The molecule has 0 radical (unpaired) electrons. The highest BCUT2D eigenvalue weighted by Crippen LogP contribution is 2.19. The third kappa shape index (κ3) is 12.5. The van der Waals surface area contributed by atoms with Gasteiger partial charge in [-0.1, -0.05) is 89.2 Å². The lowest BCUT2D eigenvalue weighted by molar-refractivity contribution is 0.174. The second-order valence-electron chi connectivity index (χ2n) is 8.95. The van der Waals surface area contributed by atoms with E-state index in [1.54, 1.807) is 11.1 Å². The molecule has 2 rings (SSSR count). The first-order valence-corrected chi connectivity index (χ1v) is 12.4. The van der Waals surface area contributed by atoms with Crippen molar-refractivity contribution >= 4 is 0 Å². The molecule has 0 heterocycles. The lowest BCUT2D eigenvalue weighted by Gasteiger charge is -2.13. The third-order valence-electron chi connectivity index (χ3n) is 6.34. The third-order valence-corrected chi connectivity index (χ3v) is 6.34. The first-order chi connectivity index (χ1) is 13.4. The minimum atomic E-state index is 0.872. The molecule has 0 unspecified atom stereocenters. The van der Waals surface area contributed by atoms with Gasteiger partial charge in [0.05, 0.1) is 13.2 Å². The van der Waals surface area contributed by atoms with E-state index in [0.29, 0.717) is 0 Å². The Morgan fingerprint density at radius 1 is 0.444 bits per heavy atom. The van der Waals surface area contributed by atoms with Crippen LogP contribution in [0.5, 0.6) is 0 Å². The second kappa shape index (κ2) is 16.4. The molecule has 156 valence electrons. The largest absolute Gasteiger partial charge is 0.373 e. The maximum absolute atomic E-state index is 6.22. The van der Waals surface area contributed by atoms with Crippen molar-refractivity contribution in [1.82, 2.24) is 0 Å². The van der Waals surface area contributed by atoms with Crippen LogP contribution in [0.3, 0.4) is 0 Å². The SMILES string of the molecule is C1=C(/COC/C2=C/CCCCCCCCCC2)CCCCCCCCCC/1. The Morgan fingerprint density at radius 3 is 1.19 bits per heavy atom. The summed E-state index contributed by atoms with van der Waals surface area (Å²) in [5.74, 6) is 0. The molecule has 0 bridgehead atoms. The van der Waals surface area contributed by atoms with E-state index >= 15 is 0 Å². The molecule has 1 heteroatoms. The summed E-state index contributed by atoms with van der Waals surface area (Å²) in [7, 11) is 0. The highest BCUT2D eigenvalue weighted by molar-refractivity contribution is 5.05. The van der Waals surface area contributed by atoms with E-state index < -0.39 is 0 Å². The number of hydrogen-bond acceptors (Lipinski definition) is 1. The fourth-order valence-corrected chi connectivity index (χ4v) is 4.51. The summed E-state index contributed by atoms with van der Waals surface area (Å²) in [6.45, 7) is 1.74. The van der Waals surface area contributed by atoms with Gasteiger partial charge in [-0.2, -0.15) is 0 Å². The van der Waals surface area contributed by atoms with Gasteiger partial charge in [0.15, 0.2) is 0 Å². The van der Waals surface area contributed by atoms with E-state index in [4.69, 9.17) is 4.74 Å². The zero-order valence-corrected chi connectivity index (χ0v) is 18.1. The number of allylic oxidation sites excluding steroid dienone is 2. The summed E-state index contributed by atoms with van der Waals surface area (Å²) in [6, 6.07) is 0. The molecular formula is C26H46O. The van der Waals surface area contributed by atoms with Gasteiger partial charge >= 0.3 is 0 Å². The van der Waals surface area contributed by atoms with Gasteiger partial charge in [-0.25, -0.2) is 0 Å². The molecule has 2 aliphatic rings. The molecule has 27 heavy (non-hydrogen) atoms. The molecule has 1 nitrogen and oxygen atoms in total. The van der Waals surface area contributed by atoms with Crippen LogP contribution in [0.4, 0.5) is 0 Å². The van der Waals surface area contributed by atoms with E-state index in [2.05, 4.69) is 12.2 Å². The molecule has 0 aliphatic heterocycles. The highest BCUT2D eigenvalue weighted by Gasteiger charge is 2.04. The van der Waals surface area contributed by atoms with Crippen LogP contribution in [0.2, 0.25) is 0 Å². The van der Waals surface area contributed by atoms with E-state index in [0.717, 1.165) is 13.2 Å². The summed E-state index contributed by atoms with van der Waals surface area (Å²) in [5, 5.41) is 0. The lowest BCUT2D eigenvalue weighted by Crippen LogP contribution is -2.04. The monoisotopic (exact) mass is 374 g/mol. The van der Waals surface area contributed by atoms with E-state index in [1.165, 1.54) is 128 Å². The van der Waals surface area contributed by atoms with Gasteiger partial charge < -0.3 is 4.74 Å². The van der Waals surface area contributed by atoms with Gasteiger partial charge in [0, 0.05) is 0 Å². The molecular weight excluding hydrogens is 328 g/mol. The molecule has 0 saturated carbocycles. The molecule has 0 aromatic heterocycles. The molecule has 0 N–H and O–H groups in total.